The summed E-state index contributed by atoms with van der Waals surface area (Å²) in [7, 11) is 0. The van der Waals surface area contributed by atoms with E-state index in [2.05, 4.69) is 4.98 Å². The zero-order chi connectivity index (χ0) is 13.3. The number of hydrogen-bond donors (Lipinski definition) is 1. The van der Waals surface area contributed by atoms with Gasteiger partial charge in [0.1, 0.15) is 11.6 Å². The van der Waals surface area contributed by atoms with Crippen molar-refractivity contribution in [3.8, 4) is 5.69 Å². The second-order valence-electron chi connectivity index (χ2n) is 4.59. The van der Waals surface area contributed by atoms with Crippen molar-refractivity contribution >= 4 is 0 Å². The molecule has 0 aliphatic rings. The lowest BCUT2D eigenvalue weighted by molar-refractivity contribution is 0.496. The zero-order valence-electron chi connectivity index (χ0n) is 10.3. The Bertz CT molecular complexity index is 529. The first-order valence-corrected chi connectivity index (χ1v) is 5.73. The van der Waals surface area contributed by atoms with Crippen LogP contribution < -0.4 is 5.73 Å². The van der Waals surface area contributed by atoms with E-state index in [1.165, 1.54) is 18.5 Å². The summed E-state index contributed by atoms with van der Waals surface area (Å²) in [6.07, 6.45) is 3.12. The predicted octanol–water partition coefficient (Wildman–Crippen LogP) is 2.81. The highest BCUT2D eigenvalue weighted by molar-refractivity contribution is 5.35. The molecule has 0 amide bonds. The minimum absolute atomic E-state index is 0.207. The highest BCUT2D eigenvalue weighted by Gasteiger charge is 2.16. The van der Waals surface area contributed by atoms with Crippen molar-refractivity contribution in [3.05, 3.63) is 48.1 Å². The fourth-order valence-corrected chi connectivity index (χ4v) is 1.79. The van der Waals surface area contributed by atoms with Crippen molar-refractivity contribution in [1.82, 2.24) is 9.55 Å². The average Bonchev–Trinajstić information content (AvgIpc) is 2.75. The van der Waals surface area contributed by atoms with E-state index < -0.39 is 11.6 Å². The Morgan fingerprint density at radius 1 is 1.17 bits per heavy atom. The number of rotatable bonds is 3. The monoisotopic (exact) mass is 251 g/mol. The highest BCUT2D eigenvalue weighted by Crippen LogP contribution is 2.22. The maximum absolute atomic E-state index is 13.2. The topological polar surface area (TPSA) is 43.8 Å². The van der Waals surface area contributed by atoms with E-state index >= 15 is 0 Å². The number of nitrogens with zero attached hydrogens (tertiary/aromatic N) is 2. The van der Waals surface area contributed by atoms with Gasteiger partial charge in [0.05, 0.1) is 23.9 Å². The quantitative estimate of drug-likeness (QED) is 0.911. The van der Waals surface area contributed by atoms with Gasteiger partial charge in [0, 0.05) is 12.1 Å². The summed E-state index contributed by atoms with van der Waals surface area (Å²) in [6.45, 7) is 3.96. The van der Waals surface area contributed by atoms with Crippen LogP contribution in [0.2, 0.25) is 0 Å². The Morgan fingerprint density at radius 3 is 2.33 bits per heavy atom. The second kappa shape index (κ2) is 4.86. The van der Waals surface area contributed by atoms with Gasteiger partial charge in [0.2, 0.25) is 0 Å². The maximum Gasteiger partial charge on any atom is 0.128 e. The van der Waals surface area contributed by atoms with Crippen molar-refractivity contribution in [2.45, 2.75) is 19.9 Å². The van der Waals surface area contributed by atoms with Crippen molar-refractivity contribution in [3.63, 3.8) is 0 Å². The SMILES string of the molecule is CC(C)C(N)c1cncn1-c1cc(F)cc(F)c1. The molecule has 2 aromatic rings. The molecule has 1 aromatic carbocycles. The standard InChI is InChI=1S/C13H15F2N3/c1-8(2)13(16)12-6-17-7-18(12)11-4-9(14)3-10(15)5-11/h3-8,13H,16H2,1-2H3. The first-order valence-electron chi connectivity index (χ1n) is 5.73. The Morgan fingerprint density at radius 2 is 1.78 bits per heavy atom. The van der Waals surface area contributed by atoms with Gasteiger partial charge in [-0.15, -0.1) is 0 Å². The van der Waals surface area contributed by atoms with Crippen LogP contribution in [0.15, 0.2) is 30.7 Å². The predicted molar refractivity (Wildman–Crippen MR) is 65.2 cm³/mol. The molecular weight excluding hydrogens is 236 g/mol. The molecule has 0 saturated heterocycles. The fraction of sp³-hybridized carbons (Fsp3) is 0.308. The largest absolute Gasteiger partial charge is 0.322 e. The van der Waals surface area contributed by atoms with E-state index in [1.54, 1.807) is 10.8 Å². The Labute approximate surface area is 104 Å². The maximum atomic E-state index is 13.2. The number of hydrogen-bond acceptors (Lipinski definition) is 2. The number of halogens is 2. The van der Waals surface area contributed by atoms with Crippen molar-refractivity contribution < 1.29 is 8.78 Å². The number of imidazole rings is 1. The molecule has 1 heterocycles. The lowest BCUT2D eigenvalue weighted by Crippen LogP contribution is -2.19. The van der Waals surface area contributed by atoms with E-state index in [9.17, 15) is 8.78 Å². The van der Waals surface area contributed by atoms with Crippen LogP contribution in [0.25, 0.3) is 5.69 Å². The van der Waals surface area contributed by atoms with Gasteiger partial charge in [0.15, 0.2) is 0 Å². The van der Waals surface area contributed by atoms with E-state index in [0.717, 1.165) is 11.8 Å². The van der Waals surface area contributed by atoms with Crippen LogP contribution in [0.1, 0.15) is 25.6 Å². The number of nitrogens with two attached hydrogens (primary N) is 1. The number of aromatic nitrogens is 2. The highest BCUT2D eigenvalue weighted by atomic mass is 19.1. The third-order valence-corrected chi connectivity index (χ3v) is 2.85. The minimum atomic E-state index is -0.622. The van der Waals surface area contributed by atoms with E-state index in [0.29, 0.717) is 5.69 Å². The van der Waals surface area contributed by atoms with Crippen LogP contribution in [0.5, 0.6) is 0 Å². The summed E-state index contributed by atoms with van der Waals surface area (Å²) in [5, 5.41) is 0. The molecule has 0 aliphatic carbocycles. The van der Waals surface area contributed by atoms with Gasteiger partial charge in [-0.1, -0.05) is 13.8 Å². The molecule has 0 aliphatic heterocycles. The number of benzene rings is 1. The molecule has 18 heavy (non-hydrogen) atoms. The van der Waals surface area contributed by atoms with E-state index in [4.69, 9.17) is 5.73 Å². The van der Waals surface area contributed by atoms with Crippen LogP contribution >= 0.6 is 0 Å². The Kier molecular flexibility index (Phi) is 3.43. The van der Waals surface area contributed by atoms with Gasteiger partial charge < -0.3 is 10.3 Å². The third-order valence-electron chi connectivity index (χ3n) is 2.85. The molecule has 1 atom stereocenters. The Hall–Kier alpha value is -1.75. The van der Waals surface area contributed by atoms with Gasteiger partial charge in [-0.2, -0.15) is 0 Å². The second-order valence-corrected chi connectivity index (χ2v) is 4.59. The summed E-state index contributed by atoms with van der Waals surface area (Å²) < 4.78 is 28.0. The molecule has 1 aromatic heterocycles. The van der Waals surface area contributed by atoms with E-state index in [-0.39, 0.29) is 12.0 Å². The van der Waals surface area contributed by atoms with Crippen LogP contribution in [0.4, 0.5) is 8.78 Å². The van der Waals surface area contributed by atoms with Gasteiger partial charge in [0.25, 0.3) is 0 Å². The van der Waals surface area contributed by atoms with Crippen molar-refractivity contribution in [2.24, 2.45) is 11.7 Å². The Balaban J connectivity index is 2.48. The smallest absolute Gasteiger partial charge is 0.128 e. The lowest BCUT2D eigenvalue weighted by atomic mass is 10.0. The lowest BCUT2D eigenvalue weighted by Gasteiger charge is -2.17. The summed E-state index contributed by atoms with van der Waals surface area (Å²) in [6, 6.07) is 3.10. The van der Waals surface area contributed by atoms with E-state index in [1.807, 2.05) is 13.8 Å². The first kappa shape index (κ1) is 12.7. The molecule has 2 N–H and O–H groups in total. The molecule has 96 valence electrons. The molecule has 5 heteroatoms. The van der Waals surface area contributed by atoms with Gasteiger partial charge in [-0.25, -0.2) is 13.8 Å². The molecule has 1 unspecified atom stereocenters. The summed E-state index contributed by atoms with van der Waals surface area (Å²) >= 11 is 0. The fourth-order valence-electron chi connectivity index (χ4n) is 1.79. The van der Waals surface area contributed by atoms with Crippen LogP contribution in [0.3, 0.4) is 0 Å². The third kappa shape index (κ3) is 2.41. The van der Waals surface area contributed by atoms with Crippen LogP contribution in [-0.2, 0) is 0 Å². The summed E-state index contributed by atoms with van der Waals surface area (Å²) in [5.74, 6) is -1.04. The summed E-state index contributed by atoms with van der Waals surface area (Å²) in [5.41, 5.74) is 7.16. The summed E-state index contributed by atoms with van der Waals surface area (Å²) in [4.78, 5) is 4.00. The minimum Gasteiger partial charge on any atom is -0.322 e. The normalized spacial score (nSPS) is 13.0. The molecule has 0 spiro atoms. The molecule has 0 fully saturated rings. The molecule has 0 saturated carbocycles. The van der Waals surface area contributed by atoms with Gasteiger partial charge >= 0.3 is 0 Å². The zero-order valence-corrected chi connectivity index (χ0v) is 10.3. The molecular formula is C13H15F2N3. The van der Waals surface area contributed by atoms with Gasteiger partial charge in [-0.3, -0.25) is 0 Å². The average molecular weight is 251 g/mol. The molecule has 0 bridgehead atoms. The molecule has 3 nitrogen and oxygen atoms in total. The molecule has 0 radical (unpaired) electrons. The van der Waals surface area contributed by atoms with Crippen LogP contribution in [-0.4, -0.2) is 9.55 Å². The molecule has 2 rings (SSSR count). The first-order chi connectivity index (χ1) is 8.49. The van der Waals surface area contributed by atoms with Crippen LogP contribution in [0, 0.1) is 17.6 Å². The van der Waals surface area contributed by atoms with Crippen molar-refractivity contribution in [1.29, 1.82) is 0 Å². The van der Waals surface area contributed by atoms with Gasteiger partial charge in [-0.05, 0) is 18.1 Å². The van der Waals surface area contributed by atoms with Crippen molar-refractivity contribution in [2.75, 3.05) is 0 Å².